The monoisotopic (exact) mass is 428 g/mol. The number of aryl methyl sites for hydroxylation is 1. The van der Waals surface area contributed by atoms with Crippen LogP contribution in [-0.2, 0) is 18.4 Å². The number of likely N-dealkylation sites (tertiary alicyclic amines) is 1. The number of carbonyl (C=O) groups excluding carboxylic acids is 1. The van der Waals surface area contributed by atoms with Crippen LogP contribution < -0.4 is 5.32 Å². The summed E-state index contributed by atoms with van der Waals surface area (Å²) in [6.07, 6.45) is 12.4. The number of aromatic nitrogens is 6. The van der Waals surface area contributed by atoms with Crippen molar-refractivity contribution in [2.24, 2.45) is 13.0 Å². The Balaban J connectivity index is 1.22. The molecule has 0 atom stereocenters. The van der Waals surface area contributed by atoms with Crippen LogP contribution in [0.1, 0.15) is 18.7 Å². The van der Waals surface area contributed by atoms with Crippen molar-refractivity contribution in [2.45, 2.75) is 19.4 Å². The highest BCUT2D eigenvalue weighted by molar-refractivity contribution is 5.94. The number of anilines is 1. The van der Waals surface area contributed by atoms with Crippen molar-refractivity contribution >= 4 is 22.6 Å². The SMILES string of the molecule is Cn1cc(-c2cnc3cnc(NC(=O)C4CCN(Cc5ncccn5)CC4)cc3c2)cn1. The summed E-state index contributed by atoms with van der Waals surface area (Å²) < 4.78 is 1.76. The van der Waals surface area contributed by atoms with Crippen LogP contribution in [0.4, 0.5) is 5.82 Å². The van der Waals surface area contributed by atoms with Crippen LogP contribution in [0.3, 0.4) is 0 Å². The van der Waals surface area contributed by atoms with Crippen molar-refractivity contribution in [1.82, 2.24) is 34.6 Å². The van der Waals surface area contributed by atoms with E-state index in [4.69, 9.17) is 0 Å². The Labute approximate surface area is 185 Å². The van der Waals surface area contributed by atoms with Crippen molar-refractivity contribution in [3.8, 4) is 11.1 Å². The maximum atomic E-state index is 12.8. The van der Waals surface area contributed by atoms with Crippen LogP contribution in [0.2, 0.25) is 0 Å². The highest BCUT2D eigenvalue weighted by atomic mass is 16.1. The molecule has 1 aliphatic rings. The lowest BCUT2D eigenvalue weighted by Gasteiger charge is -2.30. The molecule has 5 rings (SSSR count). The molecule has 0 saturated carbocycles. The number of rotatable bonds is 5. The number of piperidine rings is 1. The number of pyridine rings is 2. The molecule has 4 aromatic rings. The number of amides is 1. The maximum Gasteiger partial charge on any atom is 0.228 e. The Morgan fingerprint density at radius 3 is 2.59 bits per heavy atom. The second-order valence-electron chi connectivity index (χ2n) is 8.09. The van der Waals surface area contributed by atoms with Crippen LogP contribution in [0.15, 0.2) is 55.4 Å². The lowest BCUT2D eigenvalue weighted by Crippen LogP contribution is -2.38. The summed E-state index contributed by atoms with van der Waals surface area (Å²) in [5.41, 5.74) is 2.76. The zero-order valence-electron chi connectivity index (χ0n) is 17.8. The predicted molar refractivity (Wildman–Crippen MR) is 120 cm³/mol. The fourth-order valence-corrected chi connectivity index (χ4v) is 4.02. The molecule has 5 heterocycles. The summed E-state index contributed by atoms with van der Waals surface area (Å²) in [7, 11) is 1.88. The second kappa shape index (κ2) is 8.80. The molecule has 0 bridgehead atoms. The van der Waals surface area contributed by atoms with E-state index in [0.717, 1.165) is 53.8 Å². The molecule has 4 aromatic heterocycles. The number of nitrogens with zero attached hydrogens (tertiary/aromatic N) is 7. The van der Waals surface area contributed by atoms with E-state index in [9.17, 15) is 4.79 Å². The Kier molecular flexibility index (Phi) is 5.55. The third kappa shape index (κ3) is 4.47. The summed E-state index contributed by atoms with van der Waals surface area (Å²) in [6.45, 7) is 2.41. The zero-order valence-corrected chi connectivity index (χ0v) is 17.8. The highest BCUT2D eigenvalue weighted by Crippen LogP contribution is 2.24. The van der Waals surface area contributed by atoms with Gasteiger partial charge in [0.05, 0.1) is 24.5 Å². The number of hydrogen-bond donors (Lipinski definition) is 1. The van der Waals surface area contributed by atoms with Crippen LogP contribution in [0.25, 0.3) is 22.0 Å². The third-order valence-corrected chi connectivity index (χ3v) is 5.80. The molecule has 1 fully saturated rings. The lowest BCUT2D eigenvalue weighted by molar-refractivity contribution is -0.121. The molecule has 1 amide bonds. The van der Waals surface area contributed by atoms with E-state index >= 15 is 0 Å². The number of carbonyl (C=O) groups is 1. The molecule has 0 radical (unpaired) electrons. The highest BCUT2D eigenvalue weighted by Gasteiger charge is 2.25. The molecule has 0 aromatic carbocycles. The van der Waals surface area contributed by atoms with Crippen molar-refractivity contribution in [2.75, 3.05) is 18.4 Å². The van der Waals surface area contributed by atoms with Gasteiger partial charge in [-0.2, -0.15) is 5.10 Å². The molecule has 0 spiro atoms. The molecule has 32 heavy (non-hydrogen) atoms. The molecule has 0 aliphatic carbocycles. The third-order valence-electron chi connectivity index (χ3n) is 5.80. The van der Waals surface area contributed by atoms with E-state index in [1.54, 1.807) is 23.3 Å². The summed E-state index contributed by atoms with van der Waals surface area (Å²) in [6, 6.07) is 5.74. The van der Waals surface area contributed by atoms with Crippen molar-refractivity contribution in [1.29, 1.82) is 0 Å². The smallest absolute Gasteiger partial charge is 0.228 e. The second-order valence-corrected chi connectivity index (χ2v) is 8.09. The largest absolute Gasteiger partial charge is 0.310 e. The molecule has 162 valence electrons. The van der Waals surface area contributed by atoms with Gasteiger partial charge in [-0.05, 0) is 44.1 Å². The van der Waals surface area contributed by atoms with Crippen LogP contribution in [0.5, 0.6) is 0 Å². The molecule has 1 saturated heterocycles. The molecule has 1 N–H and O–H groups in total. The van der Waals surface area contributed by atoms with Crippen molar-refractivity contribution in [3.05, 3.63) is 61.2 Å². The number of fused-ring (bicyclic) bond motifs is 1. The first-order valence-corrected chi connectivity index (χ1v) is 10.7. The van der Waals surface area contributed by atoms with Gasteiger partial charge in [-0.25, -0.2) is 15.0 Å². The van der Waals surface area contributed by atoms with Crippen molar-refractivity contribution < 1.29 is 4.79 Å². The van der Waals surface area contributed by atoms with Gasteiger partial charge in [-0.3, -0.25) is 19.4 Å². The van der Waals surface area contributed by atoms with E-state index < -0.39 is 0 Å². The van der Waals surface area contributed by atoms with Gasteiger partial charge in [0, 0.05) is 54.3 Å². The standard InChI is InChI=1S/C23H24N8O/c1-30-14-19(12-28-30)18-9-17-10-21(27-13-20(17)26-11-18)29-23(32)16-3-7-31(8-4-16)15-22-24-5-2-6-25-22/h2,5-6,9-14,16H,3-4,7-8,15H2,1H3,(H,27,29,32). The average Bonchev–Trinajstić information content (AvgIpc) is 3.26. The van der Waals surface area contributed by atoms with E-state index in [1.165, 1.54) is 0 Å². The average molecular weight is 429 g/mol. The Hall–Kier alpha value is -3.72. The van der Waals surface area contributed by atoms with E-state index in [1.807, 2.05) is 43.8 Å². The van der Waals surface area contributed by atoms with Gasteiger partial charge in [0.2, 0.25) is 5.91 Å². The summed E-state index contributed by atoms with van der Waals surface area (Å²) >= 11 is 0. The minimum Gasteiger partial charge on any atom is -0.310 e. The van der Waals surface area contributed by atoms with Gasteiger partial charge in [0.25, 0.3) is 0 Å². The topological polar surface area (TPSA) is 102 Å². The van der Waals surface area contributed by atoms with Crippen LogP contribution in [-0.4, -0.2) is 53.6 Å². The van der Waals surface area contributed by atoms with Gasteiger partial charge in [-0.1, -0.05) is 0 Å². The van der Waals surface area contributed by atoms with Gasteiger partial charge >= 0.3 is 0 Å². The van der Waals surface area contributed by atoms with Gasteiger partial charge < -0.3 is 5.32 Å². The molecular weight excluding hydrogens is 404 g/mol. The Morgan fingerprint density at radius 2 is 1.84 bits per heavy atom. The van der Waals surface area contributed by atoms with Gasteiger partial charge in [0.1, 0.15) is 11.6 Å². The molecular formula is C23H24N8O. The first-order chi connectivity index (χ1) is 15.6. The first-order valence-electron chi connectivity index (χ1n) is 10.7. The van der Waals surface area contributed by atoms with Crippen LogP contribution >= 0.6 is 0 Å². The Bertz CT molecular complexity index is 1230. The van der Waals surface area contributed by atoms with Gasteiger partial charge in [0.15, 0.2) is 0 Å². The fourth-order valence-electron chi connectivity index (χ4n) is 4.02. The lowest BCUT2D eigenvalue weighted by atomic mass is 9.96. The zero-order chi connectivity index (χ0) is 21.9. The fraction of sp³-hybridized carbons (Fsp3) is 0.304. The summed E-state index contributed by atoms with van der Waals surface area (Å²) in [5.74, 6) is 1.35. The Morgan fingerprint density at radius 1 is 1.03 bits per heavy atom. The van der Waals surface area contributed by atoms with E-state index in [0.29, 0.717) is 12.4 Å². The van der Waals surface area contributed by atoms with Crippen molar-refractivity contribution in [3.63, 3.8) is 0 Å². The minimum atomic E-state index is -0.0275. The summed E-state index contributed by atoms with van der Waals surface area (Å²) in [4.78, 5) is 32.6. The quantitative estimate of drug-likeness (QED) is 0.521. The van der Waals surface area contributed by atoms with E-state index in [-0.39, 0.29) is 11.8 Å². The molecule has 1 aliphatic heterocycles. The molecule has 9 heteroatoms. The number of hydrogen-bond acceptors (Lipinski definition) is 7. The van der Waals surface area contributed by atoms with Crippen LogP contribution in [0, 0.1) is 5.92 Å². The predicted octanol–water partition coefficient (Wildman–Crippen LogP) is 2.67. The van der Waals surface area contributed by atoms with Gasteiger partial charge in [-0.15, -0.1) is 0 Å². The summed E-state index contributed by atoms with van der Waals surface area (Å²) in [5, 5.41) is 8.14. The number of nitrogens with one attached hydrogen (secondary N) is 1. The minimum absolute atomic E-state index is 0.0174. The first kappa shape index (κ1) is 20.2. The normalized spacial score (nSPS) is 15.2. The molecule has 9 nitrogen and oxygen atoms in total. The van der Waals surface area contributed by atoms with E-state index in [2.05, 4.69) is 35.3 Å². The molecule has 0 unspecified atom stereocenters. The maximum absolute atomic E-state index is 12.8.